The van der Waals surface area contributed by atoms with Crippen LogP contribution in [0.2, 0.25) is 0 Å². The highest BCUT2D eigenvalue weighted by atomic mass is 16.1. The van der Waals surface area contributed by atoms with Crippen molar-refractivity contribution in [1.82, 2.24) is 9.97 Å². The molecular formula is C20H22N4O. The number of hydrogen-bond acceptors (Lipinski definition) is 4. The third-order valence-electron chi connectivity index (χ3n) is 4.43. The molecule has 0 bridgehead atoms. The third kappa shape index (κ3) is 3.60. The van der Waals surface area contributed by atoms with Gasteiger partial charge in [-0.3, -0.25) is 4.79 Å². The van der Waals surface area contributed by atoms with Crippen LogP contribution in [0.25, 0.3) is 11.0 Å². The van der Waals surface area contributed by atoms with Crippen molar-refractivity contribution in [3.63, 3.8) is 0 Å². The molecule has 3 aromatic rings. The van der Waals surface area contributed by atoms with E-state index in [0.717, 1.165) is 18.5 Å². The van der Waals surface area contributed by atoms with Gasteiger partial charge in [0.25, 0.3) is 5.91 Å². The molecule has 128 valence electrons. The Hall–Kier alpha value is -2.95. The average Bonchev–Trinajstić information content (AvgIpc) is 2.63. The van der Waals surface area contributed by atoms with Crippen molar-refractivity contribution in [3.8, 4) is 0 Å². The zero-order valence-electron chi connectivity index (χ0n) is 14.5. The number of primary amides is 1. The number of rotatable bonds is 6. The number of amides is 1. The van der Waals surface area contributed by atoms with E-state index in [2.05, 4.69) is 41.3 Å². The Bertz CT molecular complexity index is 886. The van der Waals surface area contributed by atoms with Gasteiger partial charge in [-0.25, -0.2) is 9.97 Å². The molecule has 1 heterocycles. The van der Waals surface area contributed by atoms with Gasteiger partial charge in [-0.2, -0.15) is 0 Å². The first-order valence-electron chi connectivity index (χ1n) is 8.56. The van der Waals surface area contributed by atoms with Gasteiger partial charge in [0.1, 0.15) is 0 Å². The van der Waals surface area contributed by atoms with Crippen molar-refractivity contribution in [1.29, 1.82) is 0 Å². The lowest BCUT2D eigenvalue weighted by atomic mass is 9.94. The lowest BCUT2D eigenvalue weighted by Gasteiger charge is -2.14. The second-order valence-electron chi connectivity index (χ2n) is 6.03. The van der Waals surface area contributed by atoms with Crippen LogP contribution in [0.1, 0.15) is 48.7 Å². The van der Waals surface area contributed by atoms with Gasteiger partial charge in [-0.05, 0) is 48.6 Å². The topological polar surface area (TPSA) is 80.9 Å². The first-order chi connectivity index (χ1) is 12.1. The SMILES string of the molecule is CCC(CC)c1ccc(Nc2nc3ccccc3nc2C(N)=O)cc1. The minimum absolute atomic E-state index is 0.141. The van der Waals surface area contributed by atoms with Gasteiger partial charge in [0.05, 0.1) is 11.0 Å². The van der Waals surface area contributed by atoms with Gasteiger partial charge in [0.2, 0.25) is 0 Å². The Morgan fingerprint density at radius 1 is 1.00 bits per heavy atom. The van der Waals surface area contributed by atoms with Gasteiger partial charge >= 0.3 is 0 Å². The van der Waals surface area contributed by atoms with Crippen molar-refractivity contribution in [2.24, 2.45) is 5.73 Å². The van der Waals surface area contributed by atoms with Crippen molar-refractivity contribution in [2.45, 2.75) is 32.6 Å². The van der Waals surface area contributed by atoms with E-state index in [9.17, 15) is 4.79 Å². The van der Waals surface area contributed by atoms with Gasteiger partial charge in [-0.1, -0.05) is 38.1 Å². The summed E-state index contributed by atoms with van der Waals surface area (Å²) < 4.78 is 0. The Morgan fingerprint density at radius 3 is 2.16 bits per heavy atom. The molecule has 0 aliphatic rings. The van der Waals surface area contributed by atoms with Crippen molar-refractivity contribution in [3.05, 3.63) is 59.8 Å². The first kappa shape index (κ1) is 16.9. The van der Waals surface area contributed by atoms with Gasteiger partial charge in [-0.15, -0.1) is 0 Å². The van der Waals surface area contributed by atoms with Crippen molar-refractivity contribution in [2.75, 3.05) is 5.32 Å². The Balaban J connectivity index is 1.94. The molecule has 3 rings (SSSR count). The maximum Gasteiger partial charge on any atom is 0.271 e. The van der Waals surface area contributed by atoms with E-state index in [1.54, 1.807) is 0 Å². The molecule has 5 heteroatoms. The van der Waals surface area contributed by atoms with Crippen molar-refractivity contribution < 1.29 is 4.79 Å². The summed E-state index contributed by atoms with van der Waals surface area (Å²) in [6.07, 6.45) is 2.23. The number of aromatic nitrogens is 2. The largest absolute Gasteiger partial charge is 0.364 e. The summed E-state index contributed by atoms with van der Waals surface area (Å²) in [4.78, 5) is 20.6. The quantitative estimate of drug-likeness (QED) is 0.701. The summed E-state index contributed by atoms with van der Waals surface area (Å²) in [5.74, 6) is 0.339. The Labute approximate surface area is 147 Å². The van der Waals surface area contributed by atoms with E-state index in [1.807, 2.05) is 36.4 Å². The number of benzene rings is 2. The highest BCUT2D eigenvalue weighted by Gasteiger charge is 2.14. The molecular weight excluding hydrogens is 312 g/mol. The van der Waals surface area contributed by atoms with Crippen molar-refractivity contribution >= 4 is 28.4 Å². The molecule has 0 aliphatic carbocycles. The maximum atomic E-state index is 11.8. The maximum absolute atomic E-state index is 11.8. The zero-order valence-corrected chi connectivity index (χ0v) is 14.5. The highest BCUT2D eigenvalue weighted by molar-refractivity contribution is 5.98. The van der Waals surface area contributed by atoms with Crippen LogP contribution in [-0.4, -0.2) is 15.9 Å². The van der Waals surface area contributed by atoms with E-state index in [1.165, 1.54) is 5.56 Å². The lowest BCUT2D eigenvalue weighted by molar-refractivity contribution is 0.0996. The third-order valence-corrected chi connectivity index (χ3v) is 4.43. The van der Waals surface area contributed by atoms with Gasteiger partial charge in [0, 0.05) is 5.69 Å². The van der Waals surface area contributed by atoms with E-state index in [-0.39, 0.29) is 5.69 Å². The van der Waals surface area contributed by atoms with Crippen LogP contribution in [-0.2, 0) is 0 Å². The summed E-state index contributed by atoms with van der Waals surface area (Å²) >= 11 is 0. The second kappa shape index (κ2) is 7.30. The second-order valence-corrected chi connectivity index (χ2v) is 6.03. The molecule has 2 aromatic carbocycles. The summed E-state index contributed by atoms with van der Waals surface area (Å²) in [6.45, 7) is 4.40. The minimum Gasteiger partial charge on any atom is -0.364 e. The summed E-state index contributed by atoms with van der Waals surface area (Å²) in [5.41, 5.74) is 9.14. The van der Waals surface area contributed by atoms with Gasteiger partial charge in [0.15, 0.2) is 11.5 Å². The number of nitrogens with two attached hydrogens (primary N) is 1. The number of fused-ring (bicyclic) bond motifs is 1. The Kier molecular flexibility index (Phi) is 4.93. The number of anilines is 2. The van der Waals surface area contributed by atoms with Crippen LogP contribution in [0.3, 0.4) is 0 Å². The minimum atomic E-state index is -0.602. The monoisotopic (exact) mass is 334 g/mol. The Morgan fingerprint density at radius 2 is 1.60 bits per heavy atom. The molecule has 0 atom stereocenters. The zero-order chi connectivity index (χ0) is 17.8. The first-order valence-corrected chi connectivity index (χ1v) is 8.56. The van der Waals surface area contributed by atoms with Crippen LogP contribution < -0.4 is 11.1 Å². The van der Waals surface area contributed by atoms with E-state index >= 15 is 0 Å². The molecule has 25 heavy (non-hydrogen) atoms. The molecule has 0 saturated carbocycles. The molecule has 1 amide bonds. The molecule has 0 unspecified atom stereocenters. The molecule has 3 N–H and O–H groups in total. The van der Waals surface area contributed by atoms with E-state index in [0.29, 0.717) is 22.8 Å². The number of nitrogens with zero attached hydrogens (tertiary/aromatic N) is 2. The highest BCUT2D eigenvalue weighted by Crippen LogP contribution is 2.26. The normalized spacial score (nSPS) is 11.0. The summed E-state index contributed by atoms with van der Waals surface area (Å²) in [7, 11) is 0. The molecule has 0 aliphatic heterocycles. The number of para-hydroxylation sites is 2. The van der Waals surface area contributed by atoms with Crippen LogP contribution in [0.5, 0.6) is 0 Å². The standard InChI is InChI=1S/C20H22N4O/c1-3-13(4-2)14-9-11-15(12-10-14)22-20-18(19(21)25)23-16-7-5-6-8-17(16)24-20/h5-13H,3-4H2,1-2H3,(H2,21,25)(H,22,24). The fraction of sp³-hybridized carbons (Fsp3) is 0.250. The predicted octanol–water partition coefficient (Wildman–Crippen LogP) is 4.38. The number of hydrogen-bond donors (Lipinski definition) is 2. The molecule has 0 radical (unpaired) electrons. The lowest BCUT2D eigenvalue weighted by Crippen LogP contribution is -2.16. The molecule has 1 aromatic heterocycles. The fourth-order valence-corrected chi connectivity index (χ4v) is 2.99. The summed E-state index contributed by atoms with van der Waals surface area (Å²) in [6, 6.07) is 15.6. The number of carbonyl (C=O) groups is 1. The summed E-state index contributed by atoms with van der Waals surface area (Å²) in [5, 5.41) is 3.17. The van der Waals surface area contributed by atoms with Gasteiger partial charge < -0.3 is 11.1 Å². The number of nitrogens with one attached hydrogen (secondary N) is 1. The van der Waals surface area contributed by atoms with E-state index < -0.39 is 5.91 Å². The van der Waals surface area contributed by atoms with E-state index in [4.69, 9.17) is 5.73 Å². The molecule has 5 nitrogen and oxygen atoms in total. The predicted molar refractivity (Wildman–Crippen MR) is 101 cm³/mol. The van der Waals surface area contributed by atoms with Crippen LogP contribution in [0, 0.1) is 0 Å². The fourth-order valence-electron chi connectivity index (χ4n) is 2.99. The van der Waals surface area contributed by atoms with Crippen LogP contribution in [0.4, 0.5) is 11.5 Å². The molecule has 0 fully saturated rings. The molecule has 0 spiro atoms. The average molecular weight is 334 g/mol. The van der Waals surface area contributed by atoms with Crippen LogP contribution >= 0.6 is 0 Å². The van der Waals surface area contributed by atoms with Crippen LogP contribution in [0.15, 0.2) is 48.5 Å². The number of carbonyl (C=O) groups excluding carboxylic acids is 1. The smallest absolute Gasteiger partial charge is 0.271 e. The molecule has 0 saturated heterocycles.